The van der Waals surface area contributed by atoms with E-state index in [0.29, 0.717) is 25.9 Å². The molecule has 3 N–H and O–H groups in total. The van der Waals surface area contributed by atoms with E-state index in [-0.39, 0.29) is 18.4 Å². The number of amides is 4. The minimum absolute atomic E-state index is 0.196. The van der Waals surface area contributed by atoms with Crippen molar-refractivity contribution in [2.45, 2.75) is 44.6 Å². The molecule has 0 aromatic rings. The Bertz CT molecular complexity index is 418. The third-order valence-electron chi connectivity index (χ3n) is 4.13. The first-order valence-electron chi connectivity index (χ1n) is 7.70. The first-order valence-corrected chi connectivity index (χ1v) is 7.70. The van der Waals surface area contributed by atoms with E-state index in [4.69, 9.17) is 0 Å². The highest BCUT2D eigenvalue weighted by Crippen LogP contribution is 2.33. The zero-order valence-corrected chi connectivity index (χ0v) is 12.5. The van der Waals surface area contributed by atoms with Gasteiger partial charge in [-0.05, 0) is 19.4 Å². The van der Waals surface area contributed by atoms with Gasteiger partial charge in [-0.1, -0.05) is 26.2 Å². The van der Waals surface area contributed by atoms with Crippen LogP contribution in [0.1, 0.15) is 39.0 Å². The number of hydrogen-bond donors (Lipinski definition) is 3. The number of imide groups is 1. The molecule has 2 fully saturated rings. The first kappa shape index (κ1) is 15.8. The maximum absolute atomic E-state index is 12.5. The second-order valence-corrected chi connectivity index (χ2v) is 5.67. The molecule has 0 bridgehead atoms. The lowest BCUT2D eigenvalue weighted by molar-refractivity contribution is -0.135. The fraction of sp³-hybridized carbons (Fsp3) is 0.786. The molecule has 4 amide bonds. The molecule has 1 heterocycles. The van der Waals surface area contributed by atoms with Crippen LogP contribution in [0.15, 0.2) is 0 Å². The van der Waals surface area contributed by atoms with Crippen LogP contribution in [-0.2, 0) is 9.59 Å². The molecule has 0 radical (unpaired) electrons. The Morgan fingerprint density at radius 2 is 1.95 bits per heavy atom. The molecule has 7 heteroatoms. The summed E-state index contributed by atoms with van der Waals surface area (Å²) in [7, 11) is 0. The number of hydrogen-bond acceptors (Lipinski definition) is 4. The lowest BCUT2D eigenvalue weighted by Gasteiger charge is -2.30. The van der Waals surface area contributed by atoms with Gasteiger partial charge in [0.05, 0.1) is 0 Å². The Balaban J connectivity index is 1.87. The van der Waals surface area contributed by atoms with Gasteiger partial charge in [-0.3, -0.25) is 14.5 Å². The van der Waals surface area contributed by atoms with Crippen molar-refractivity contribution in [3.05, 3.63) is 0 Å². The van der Waals surface area contributed by atoms with Gasteiger partial charge < -0.3 is 16.0 Å². The molecule has 0 unspecified atom stereocenters. The van der Waals surface area contributed by atoms with Gasteiger partial charge in [0, 0.05) is 13.1 Å². The Morgan fingerprint density at radius 3 is 2.62 bits per heavy atom. The Hall–Kier alpha value is -1.63. The topological polar surface area (TPSA) is 90.5 Å². The van der Waals surface area contributed by atoms with Gasteiger partial charge in [-0.15, -0.1) is 0 Å². The summed E-state index contributed by atoms with van der Waals surface area (Å²) in [6.45, 7) is 3.79. The summed E-state index contributed by atoms with van der Waals surface area (Å²) in [5, 5.41) is 8.58. The molecule has 0 aromatic carbocycles. The van der Waals surface area contributed by atoms with Gasteiger partial charge in [0.2, 0.25) is 5.91 Å². The number of carbonyl (C=O) groups excluding carboxylic acids is 3. The lowest BCUT2D eigenvalue weighted by Crippen LogP contribution is -2.49. The fourth-order valence-corrected chi connectivity index (χ4v) is 2.98. The molecule has 1 aliphatic carbocycles. The minimum atomic E-state index is -0.751. The van der Waals surface area contributed by atoms with Gasteiger partial charge in [0.25, 0.3) is 5.91 Å². The van der Waals surface area contributed by atoms with Crippen LogP contribution in [0.5, 0.6) is 0 Å². The van der Waals surface area contributed by atoms with E-state index in [2.05, 4.69) is 16.0 Å². The summed E-state index contributed by atoms with van der Waals surface area (Å²) < 4.78 is 0. The predicted octanol–water partition coefficient (Wildman–Crippen LogP) is -0.0332. The number of carbonyl (C=O) groups is 3. The highest BCUT2D eigenvalue weighted by Gasteiger charge is 2.51. The quantitative estimate of drug-likeness (QED) is 0.474. The van der Waals surface area contributed by atoms with Crippen molar-refractivity contribution in [2.24, 2.45) is 0 Å². The third kappa shape index (κ3) is 3.53. The molecule has 0 atom stereocenters. The molecule has 21 heavy (non-hydrogen) atoms. The fourth-order valence-electron chi connectivity index (χ4n) is 2.98. The maximum Gasteiger partial charge on any atom is 0.325 e. The van der Waals surface area contributed by atoms with Crippen molar-refractivity contribution in [1.29, 1.82) is 0 Å². The number of likely N-dealkylation sites (N-methyl/N-ethyl adjacent to an activating group) is 1. The normalized spacial score (nSPS) is 20.7. The van der Waals surface area contributed by atoms with Crippen LogP contribution in [-0.4, -0.2) is 54.5 Å². The van der Waals surface area contributed by atoms with Gasteiger partial charge in [-0.2, -0.15) is 0 Å². The monoisotopic (exact) mass is 296 g/mol. The van der Waals surface area contributed by atoms with Crippen LogP contribution in [0.4, 0.5) is 4.79 Å². The average molecular weight is 296 g/mol. The summed E-state index contributed by atoms with van der Waals surface area (Å²) in [5.74, 6) is -0.543. The second-order valence-electron chi connectivity index (χ2n) is 5.67. The van der Waals surface area contributed by atoms with Gasteiger partial charge in [0.15, 0.2) is 0 Å². The van der Waals surface area contributed by atoms with Crippen molar-refractivity contribution in [3.63, 3.8) is 0 Å². The van der Waals surface area contributed by atoms with E-state index in [1.165, 1.54) is 0 Å². The van der Waals surface area contributed by atoms with Gasteiger partial charge >= 0.3 is 6.03 Å². The lowest BCUT2D eigenvalue weighted by atomic mass is 9.82. The highest BCUT2D eigenvalue weighted by atomic mass is 16.2. The number of urea groups is 1. The van der Waals surface area contributed by atoms with E-state index < -0.39 is 11.6 Å². The zero-order valence-electron chi connectivity index (χ0n) is 12.5. The van der Waals surface area contributed by atoms with Crippen molar-refractivity contribution in [3.8, 4) is 0 Å². The molecule has 7 nitrogen and oxygen atoms in total. The highest BCUT2D eigenvalue weighted by molar-refractivity contribution is 6.09. The van der Waals surface area contributed by atoms with Crippen LogP contribution < -0.4 is 16.0 Å². The van der Waals surface area contributed by atoms with Crippen LogP contribution in [0.2, 0.25) is 0 Å². The SMILES string of the molecule is CCNCCNC(=O)CN1C(=O)NC2(CCCCC2)C1=O. The molecule has 1 spiro atoms. The average Bonchev–Trinajstić information content (AvgIpc) is 2.69. The van der Waals surface area contributed by atoms with E-state index >= 15 is 0 Å². The van der Waals surface area contributed by atoms with E-state index in [1.54, 1.807) is 0 Å². The largest absolute Gasteiger partial charge is 0.353 e. The van der Waals surface area contributed by atoms with Crippen LogP contribution in [0.25, 0.3) is 0 Å². The van der Waals surface area contributed by atoms with Crippen molar-refractivity contribution >= 4 is 17.8 Å². The molecule has 1 saturated carbocycles. The summed E-state index contributed by atoms with van der Waals surface area (Å²) in [4.78, 5) is 37.3. The summed E-state index contributed by atoms with van der Waals surface area (Å²) in [6, 6.07) is -0.441. The molecule has 1 aliphatic heterocycles. The molecule has 0 aromatic heterocycles. The smallest absolute Gasteiger partial charge is 0.325 e. The molecule has 2 aliphatic rings. The van der Waals surface area contributed by atoms with E-state index in [1.807, 2.05) is 6.92 Å². The second kappa shape index (κ2) is 6.89. The van der Waals surface area contributed by atoms with Gasteiger partial charge in [0.1, 0.15) is 12.1 Å². The third-order valence-corrected chi connectivity index (χ3v) is 4.13. The van der Waals surface area contributed by atoms with Crippen LogP contribution in [0, 0.1) is 0 Å². The van der Waals surface area contributed by atoms with E-state index in [0.717, 1.165) is 30.7 Å². The van der Waals surface area contributed by atoms with Crippen LogP contribution in [0.3, 0.4) is 0 Å². The van der Waals surface area contributed by atoms with Crippen molar-refractivity contribution < 1.29 is 14.4 Å². The standard InChI is InChI=1S/C14H24N4O3/c1-2-15-8-9-16-11(19)10-18-12(20)14(17-13(18)21)6-4-3-5-7-14/h15H,2-10H2,1H3,(H,16,19)(H,17,21). The first-order chi connectivity index (χ1) is 10.1. The number of nitrogens with one attached hydrogen (secondary N) is 3. The molecular formula is C14H24N4O3. The number of rotatable bonds is 6. The molecule has 2 rings (SSSR count). The molecular weight excluding hydrogens is 272 g/mol. The summed E-state index contributed by atoms with van der Waals surface area (Å²) in [6.07, 6.45) is 4.32. The summed E-state index contributed by atoms with van der Waals surface area (Å²) >= 11 is 0. The molecule has 118 valence electrons. The summed E-state index contributed by atoms with van der Waals surface area (Å²) in [5.41, 5.74) is -0.751. The van der Waals surface area contributed by atoms with E-state index in [9.17, 15) is 14.4 Å². The van der Waals surface area contributed by atoms with Crippen molar-refractivity contribution in [2.75, 3.05) is 26.2 Å². The Labute approximate surface area is 124 Å². The predicted molar refractivity (Wildman–Crippen MR) is 77.6 cm³/mol. The van der Waals surface area contributed by atoms with Gasteiger partial charge in [-0.25, -0.2) is 4.79 Å². The minimum Gasteiger partial charge on any atom is -0.353 e. The van der Waals surface area contributed by atoms with Crippen LogP contribution >= 0.6 is 0 Å². The maximum atomic E-state index is 12.5. The molecule has 1 saturated heterocycles. The Morgan fingerprint density at radius 1 is 1.24 bits per heavy atom. The zero-order chi connectivity index (χ0) is 15.3. The van der Waals surface area contributed by atoms with Crippen molar-refractivity contribution in [1.82, 2.24) is 20.9 Å². The Kier molecular flexibility index (Phi) is 5.17. The number of nitrogens with zero attached hydrogens (tertiary/aromatic N) is 1.